The molecule has 0 aromatic heterocycles. The quantitative estimate of drug-likeness (QED) is 0.816. The largest absolute Gasteiger partial charge is 0.484 e. The number of hydrogen-bond donors (Lipinski definition) is 1. The van der Waals surface area contributed by atoms with Crippen LogP contribution in [0, 0.1) is 0 Å². The number of unbranched alkanes of at least 4 members (excludes halogenated alkanes) is 1. The van der Waals surface area contributed by atoms with Gasteiger partial charge in [0.2, 0.25) is 5.91 Å². The Kier molecular flexibility index (Phi) is 6.61. The topological polar surface area (TPSA) is 70.1 Å². The van der Waals surface area contributed by atoms with Crippen molar-refractivity contribution in [3.8, 4) is 5.75 Å². The minimum atomic E-state index is -0.667. The molecule has 6 heteroatoms. The summed E-state index contributed by atoms with van der Waals surface area (Å²) in [6, 6.07) is 8.46. The number of nitrogens with zero attached hydrogens (tertiary/aromatic N) is 2. The molecule has 0 aliphatic carbocycles. The predicted octanol–water partition coefficient (Wildman–Crippen LogP) is 1.29. The molecule has 2 atom stereocenters. The van der Waals surface area contributed by atoms with Gasteiger partial charge >= 0.3 is 0 Å². The summed E-state index contributed by atoms with van der Waals surface area (Å²) in [6.45, 7) is 2.76. The van der Waals surface area contributed by atoms with Gasteiger partial charge in [-0.05, 0) is 18.6 Å². The van der Waals surface area contributed by atoms with Crippen LogP contribution in [0.3, 0.4) is 0 Å². The van der Waals surface area contributed by atoms with Gasteiger partial charge in [-0.25, -0.2) is 0 Å². The number of rotatable bonds is 7. The zero-order chi connectivity index (χ0) is 17.5. The van der Waals surface area contributed by atoms with Gasteiger partial charge in [0, 0.05) is 26.6 Å². The molecule has 1 fully saturated rings. The Balaban J connectivity index is 1.95. The molecule has 132 valence electrons. The number of hydrogen-bond acceptors (Lipinski definition) is 4. The molecule has 1 aliphatic rings. The first-order valence-electron chi connectivity index (χ1n) is 8.43. The van der Waals surface area contributed by atoms with Crippen molar-refractivity contribution < 1.29 is 19.4 Å². The molecule has 2 amide bonds. The van der Waals surface area contributed by atoms with Crippen LogP contribution >= 0.6 is 0 Å². The van der Waals surface area contributed by atoms with E-state index in [9.17, 15) is 14.7 Å². The maximum Gasteiger partial charge on any atom is 0.261 e. The van der Waals surface area contributed by atoms with Crippen molar-refractivity contribution in [2.45, 2.75) is 38.3 Å². The van der Waals surface area contributed by atoms with Crippen molar-refractivity contribution >= 4 is 11.8 Å². The zero-order valence-electron chi connectivity index (χ0n) is 14.4. The van der Waals surface area contributed by atoms with E-state index < -0.39 is 12.1 Å². The van der Waals surface area contributed by atoms with Crippen molar-refractivity contribution in [2.24, 2.45) is 0 Å². The summed E-state index contributed by atoms with van der Waals surface area (Å²) >= 11 is 0. The molecule has 0 saturated carbocycles. The number of para-hydroxylation sites is 1. The molecule has 2 unspecified atom stereocenters. The standard InChI is InChI=1S/C18H26N2O4/c1-3-4-10-19(2)18(23)16-11-14(21)12-20(16)17(22)13-24-15-8-6-5-7-9-15/h5-9,14,16,21H,3-4,10-13H2,1-2H3. The molecule has 1 aromatic carbocycles. The minimum absolute atomic E-state index is 0.118. The van der Waals surface area contributed by atoms with Crippen molar-refractivity contribution in [3.63, 3.8) is 0 Å². The van der Waals surface area contributed by atoms with Gasteiger partial charge in [-0.15, -0.1) is 0 Å². The SMILES string of the molecule is CCCCN(C)C(=O)C1CC(O)CN1C(=O)COc1ccccc1. The second-order valence-electron chi connectivity index (χ2n) is 6.17. The molecule has 1 aliphatic heterocycles. The molecule has 6 nitrogen and oxygen atoms in total. The number of carbonyl (C=O) groups is 2. The van der Waals surface area contributed by atoms with Gasteiger partial charge in [0.1, 0.15) is 11.8 Å². The molecule has 1 N–H and O–H groups in total. The number of benzene rings is 1. The summed E-state index contributed by atoms with van der Waals surface area (Å²) in [5.41, 5.74) is 0. The van der Waals surface area contributed by atoms with Crippen LogP contribution in [0.2, 0.25) is 0 Å². The lowest BCUT2D eigenvalue weighted by Crippen LogP contribution is -2.48. The van der Waals surface area contributed by atoms with Crippen LogP contribution < -0.4 is 4.74 Å². The van der Waals surface area contributed by atoms with Gasteiger partial charge in [0.25, 0.3) is 5.91 Å². The highest BCUT2D eigenvalue weighted by atomic mass is 16.5. The van der Waals surface area contributed by atoms with E-state index in [4.69, 9.17) is 4.74 Å². The molecular weight excluding hydrogens is 308 g/mol. The van der Waals surface area contributed by atoms with Crippen molar-refractivity contribution in [1.82, 2.24) is 9.80 Å². The van der Waals surface area contributed by atoms with E-state index >= 15 is 0 Å². The van der Waals surface area contributed by atoms with E-state index in [2.05, 4.69) is 6.92 Å². The Morgan fingerprint density at radius 2 is 2.04 bits per heavy atom. The maximum atomic E-state index is 12.6. The average molecular weight is 334 g/mol. The van der Waals surface area contributed by atoms with E-state index in [1.807, 2.05) is 18.2 Å². The fraction of sp³-hybridized carbons (Fsp3) is 0.556. The molecule has 1 saturated heterocycles. The average Bonchev–Trinajstić information content (AvgIpc) is 2.99. The van der Waals surface area contributed by atoms with E-state index in [1.165, 1.54) is 4.90 Å². The fourth-order valence-corrected chi connectivity index (χ4v) is 2.83. The summed E-state index contributed by atoms with van der Waals surface area (Å²) in [6.07, 6.45) is 1.53. The lowest BCUT2D eigenvalue weighted by atomic mass is 10.1. The van der Waals surface area contributed by atoms with E-state index in [0.717, 1.165) is 12.8 Å². The van der Waals surface area contributed by atoms with Gasteiger partial charge in [0.15, 0.2) is 6.61 Å². The lowest BCUT2D eigenvalue weighted by molar-refractivity contribution is -0.144. The van der Waals surface area contributed by atoms with Gasteiger partial charge < -0.3 is 19.6 Å². The molecule has 0 radical (unpaired) electrons. The fourth-order valence-electron chi connectivity index (χ4n) is 2.83. The Labute approximate surface area is 143 Å². The predicted molar refractivity (Wildman–Crippen MR) is 90.6 cm³/mol. The highest BCUT2D eigenvalue weighted by Crippen LogP contribution is 2.20. The van der Waals surface area contributed by atoms with Crippen molar-refractivity contribution in [1.29, 1.82) is 0 Å². The lowest BCUT2D eigenvalue weighted by Gasteiger charge is -2.27. The summed E-state index contributed by atoms with van der Waals surface area (Å²) in [5.74, 6) is 0.208. The number of ether oxygens (including phenoxy) is 1. The number of amides is 2. The number of aliphatic hydroxyl groups is 1. The van der Waals surface area contributed by atoms with Crippen molar-refractivity contribution in [3.05, 3.63) is 30.3 Å². The molecule has 2 rings (SSSR count). The van der Waals surface area contributed by atoms with Gasteiger partial charge in [-0.3, -0.25) is 9.59 Å². The van der Waals surface area contributed by atoms with Crippen molar-refractivity contribution in [2.75, 3.05) is 26.7 Å². The monoisotopic (exact) mass is 334 g/mol. The maximum absolute atomic E-state index is 12.6. The summed E-state index contributed by atoms with van der Waals surface area (Å²) in [7, 11) is 1.74. The number of likely N-dealkylation sites (N-methyl/N-ethyl adjacent to an activating group) is 1. The van der Waals surface area contributed by atoms with E-state index in [-0.39, 0.29) is 31.4 Å². The van der Waals surface area contributed by atoms with E-state index in [1.54, 1.807) is 24.1 Å². The first-order valence-corrected chi connectivity index (χ1v) is 8.43. The zero-order valence-corrected chi connectivity index (χ0v) is 14.4. The molecular formula is C18H26N2O4. The Morgan fingerprint density at radius 3 is 2.71 bits per heavy atom. The third-order valence-electron chi connectivity index (χ3n) is 4.21. The molecule has 0 bridgehead atoms. The molecule has 0 spiro atoms. The second-order valence-corrected chi connectivity index (χ2v) is 6.17. The van der Waals surface area contributed by atoms with Crippen LogP contribution in [0.15, 0.2) is 30.3 Å². The summed E-state index contributed by atoms with van der Waals surface area (Å²) in [5, 5.41) is 9.91. The second kappa shape index (κ2) is 8.68. The van der Waals surface area contributed by atoms with Gasteiger partial charge in [-0.2, -0.15) is 0 Å². The minimum Gasteiger partial charge on any atom is -0.484 e. The Hall–Kier alpha value is -2.08. The normalized spacial score (nSPS) is 20.0. The van der Waals surface area contributed by atoms with Gasteiger partial charge in [-0.1, -0.05) is 31.5 Å². The van der Waals surface area contributed by atoms with Crippen LogP contribution in [0.1, 0.15) is 26.2 Å². The smallest absolute Gasteiger partial charge is 0.261 e. The summed E-state index contributed by atoms with van der Waals surface area (Å²) < 4.78 is 5.47. The van der Waals surface area contributed by atoms with Crippen LogP contribution in [0.4, 0.5) is 0 Å². The number of β-amino-alcohol motifs (C(OH)–C–C–N with tert-alkyl or cyclic N) is 1. The van der Waals surface area contributed by atoms with Crippen LogP contribution in [0.25, 0.3) is 0 Å². The third kappa shape index (κ3) is 4.71. The molecule has 1 aromatic rings. The molecule has 1 heterocycles. The molecule has 24 heavy (non-hydrogen) atoms. The highest BCUT2D eigenvalue weighted by Gasteiger charge is 2.40. The highest BCUT2D eigenvalue weighted by molar-refractivity contribution is 5.88. The number of carbonyl (C=O) groups excluding carboxylic acids is 2. The number of likely N-dealkylation sites (tertiary alicyclic amines) is 1. The van der Waals surface area contributed by atoms with Crippen LogP contribution in [-0.4, -0.2) is 65.6 Å². The third-order valence-corrected chi connectivity index (χ3v) is 4.21. The first-order chi connectivity index (χ1) is 11.5. The van der Waals surface area contributed by atoms with E-state index in [0.29, 0.717) is 12.3 Å². The summed E-state index contributed by atoms with van der Waals surface area (Å²) in [4.78, 5) is 28.1. The Morgan fingerprint density at radius 1 is 1.33 bits per heavy atom. The van der Waals surface area contributed by atoms with Crippen LogP contribution in [-0.2, 0) is 9.59 Å². The van der Waals surface area contributed by atoms with Crippen LogP contribution in [0.5, 0.6) is 5.75 Å². The number of aliphatic hydroxyl groups excluding tert-OH is 1. The van der Waals surface area contributed by atoms with Gasteiger partial charge in [0.05, 0.1) is 6.10 Å². The first kappa shape index (κ1) is 18.3. The Bertz CT molecular complexity index is 549.